The van der Waals surface area contributed by atoms with E-state index in [4.69, 9.17) is 10.3 Å². The van der Waals surface area contributed by atoms with E-state index in [-0.39, 0.29) is 23.7 Å². The lowest BCUT2D eigenvalue weighted by molar-refractivity contribution is 0.0575. The van der Waals surface area contributed by atoms with Gasteiger partial charge in [0.2, 0.25) is 0 Å². The molecule has 0 radical (unpaired) electrons. The molecule has 2 amide bonds. The molecule has 1 spiro atoms. The van der Waals surface area contributed by atoms with E-state index < -0.39 is 0 Å². The largest absolute Gasteiger partial charge is 0.381 e. The minimum Gasteiger partial charge on any atom is -0.381 e. The number of amides is 2. The van der Waals surface area contributed by atoms with Gasteiger partial charge in [-0.15, -0.1) is 0 Å². The topological polar surface area (TPSA) is 72.2 Å². The zero-order valence-corrected chi connectivity index (χ0v) is 21.6. The van der Waals surface area contributed by atoms with E-state index in [0.717, 1.165) is 77.1 Å². The smallest absolute Gasteiger partial charge is 0.320 e. The molecule has 7 heteroatoms. The van der Waals surface area contributed by atoms with Crippen LogP contribution in [0.25, 0.3) is 0 Å². The molecule has 0 bridgehead atoms. The summed E-state index contributed by atoms with van der Waals surface area (Å²) < 4.78 is 5.56. The molecule has 192 valence electrons. The Labute approximate surface area is 210 Å². The first-order chi connectivity index (χ1) is 17.0. The predicted molar refractivity (Wildman–Crippen MR) is 136 cm³/mol. The van der Waals surface area contributed by atoms with Crippen molar-refractivity contribution in [3.8, 4) is 0 Å². The first-order valence-corrected chi connectivity index (χ1v) is 13.8. The SMILES string of the molecule is CC(C)N1C(=O)N(CC2CCOCC2)CC12CC1CCCN(CC[C@H](N=N)c3ccccc3)C1C2. The molecular weight excluding hydrogens is 438 g/mol. The van der Waals surface area contributed by atoms with Crippen LogP contribution in [0.2, 0.25) is 0 Å². The monoisotopic (exact) mass is 481 g/mol. The van der Waals surface area contributed by atoms with Crippen LogP contribution in [0.3, 0.4) is 0 Å². The number of benzene rings is 1. The van der Waals surface area contributed by atoms with Crippen LogP contribution in [-0.2, 0) is 4.74 Å². The molecule has 3 unspecified atom stereocenters. The fraction of sp³-hybridized carbons (Fsp3) is 0.750. The summed E-state index contributed by atoms with van der Waals surface area (Å²) in [5.74, 6) is 1.23. The van der Waals surface area contributed by atoms with Gasteiger partial charge in [-0.25, -0.2) is 10.3 Å². The van der Waals surface area contributed by atoms with E-state index in [9.17, 15) is 4.79 Å². The Morgan fingerprint density at radius 2 is 1.91 bits per heavy atom. The van der Waals surface area contributed by atoms with Crippen LogP contribution in [-0.4, -0.2) is 77.7 Å². The summed E-state index contributed by atoms with van der Waals surface area (Å²) in [7, 11) is 0. The number of carbonyl (C=O) groups excluding carboxylic acids is 1. The van der Waals surface area contributed by atoms with E-state index >= 15 is 0 Å². The van der Waals surface area contributed by atoms with Crippen LogP contribution >= 0.6 is 0 Å². The molecule has 1 saturated carbocycles. The fourth-order valence-corrected chi connectivity index (χ4v) is 7.59. The summed E-state index contributed by atoms with van der Waals surface area (Å²) in [6.45, 7) is 9.92. The van der Waals surface area contributed by atoms with Gasteiger partial charge in [0.05, 0.1) is 11.6 Å². The van der Waals surface area contributed by atoms with Gasteiger partial charge < -0.3 is 14.5 Å². The molecule has 0 aromatic heterocycles. The number of urea groups is 1. The fourth-order valence-electron chi connectivity index (χ4n) is 7.59. The molecule has 4 fully saturated rings. The summed E-state index contributed by atoms with van der Waals surface area (Å²) in [6.07, 6.45) is 7.74. The third-order valence-corrected chi connectivity index (χ3v) is 9.10. The van der Waals surface area contributed by atoms with E-state index in [1.165, 1.54) is 12.8 Å². The molecule has 1 aromatic rings. The lowest BCUT2D eigenvalue weighted by atomic mass is 9.90. The van der Waals surface area contributed by atoms with Gasteiger partial charge in [0.25, 0.3) is 0 Å². The highest BCUT2D eigenvalue weighted by Crippen LogP contribution is 2.49. The van der Waals surface area contributed by atoms with Gasteiger partial charge in [-0.05, 0) is 82.7 Å². The first-order valence-electron chi connectivity index (χ1n) is 13.8. The number of rotatable bonds is 8. The van der Waals surface area contributed by atoms with Gasteiger partial charge in [-0.1, -0.05) is 30.3 Å². The Bertz CT molecular complexity index is 873. The second kappa shape index (κ2) is 10.6. The van der Waals surface area contributed by atoms with Crippen molar-refractivity contribution in [3.05, 3.63) is 35.9 Å². The maximum atomic E-state index is 13.7. The minimum absolute atomic E-state index is 0.0348. The lowest BCUT2D eigenvalue weighted by Crippen LogP contribution is -2.50. The maximum Gasteiger partial charge on any atom is 0.320 e. The number of piperidine rings is 1. The Hall–Kier alpha value is -1.99. The molecule has 1 aliphatic carbocycles. The highest BCUT2D eigenvalue weighted by Gasteiger charge is 2.58. The van der Waals surface area contributed by atoms with Gasteiger partial charge in [0.15, 0.2) is 0 Å². The molecule has 35 heavy (non-hydrogen) atoms. The Morgan fingerprint density at radius 1 is 1.14 bits per heavy atom. The van der Waals surface area contributed by atoms with Crippen LogP contribution in [0.4, 0.5) is 4.79 Å². The summed E-state index contributed by atoms with van der Waals surface area (Å²) in [4.78, 5) is 20.8. The number of hydrogen-bond acceptors (Lipinski definition) is 5. The van der Waals surface area contributed by atoms with Crippen LogP contribution in [0, 0.1) is 17.4 Å². The molecule has 1 aromatic carbocycles. The van der Waals surface area contributed by atoms with Crippen molar-refractivity contribution in [1.82, 2.24) is 14.7 Å². The summed E-state index contributed by atoms with van der Waals surface area (Å²) >= 11 is 0. The first kappa shape index (κ1) is 24.7. The maximum absolute atomic E-state index is 13.7. The van der Waals surface area contributed by atoms with Crippen molar-refractivity contribution < 1.29 is 9.53 Å². The molecule has 3 aliphatic heterocycles. The van der Waals surface area contributed by atoms with E-state index in [1.54, 1.807) is 0 Å². The van der Waals surface area contributed by atoms with Crippen molar-refractivity contribution in [2.24, 2.45) is 17.0 Å². The summed E-state index contributed by atoms with van der Waals surface area (Å²) in [5.41, 5.74) is 8.87. The number of nitrogens with one attached hydrogen (secondary N) is 1. The number of fused-ring (bicyclic) bond motifs is 1. The minimum atomic E-state index is -0.0675. The molecule has 4 atom stereocenters. The van der Waals surface area contributed by atoms with Gasteiger partial charge in [-0.2, -0.15) is 5.11 Å². The van der Waals surface area contributed by atoms with Crippen LogP contribution in [0.5, 0.6) is 0 Å². The quantitative estimate of drug-likeness (QED) is 0.510. The predicted octanol–water partition coefficient (Wildman–Crippen LogP) is 5.33. The zero-order chi connectivity index (χ0) is 24.4. The van der Waals surface area contributed by atoms with Gasteiger partial charge >= 0.3 is 6.03 Å². The third kappa shape index (κ3) is 4.99. The summed E-state index contributed by atoms with van der Waals surface area (Å²) in [5, 5.41) is 3.96. The van der Waals surface area contributed by atoms with E-state index in [0.29, 0.717) is 17.9 Å². The van der Waals surface area contributed by atoms with Gasteiger partial charge in [0, 0.05) is 44.9 Å². The average molecular weight is 482 g/mol. The van der Waals surface area contributed by atoms with Crippen molar-refractivity contribution in [3.63, 3.8) is 0 Å². The Kier molecular flexibility index (Phi) is 7.44. The van der Waals surface area contributed by atoms with Crippen molar-refractivity contribution in [2.75, 3.05) is 39.4 Å². The van der Waals surface area contributed by atoms with Crippen molar-refractivity contribution in [2.45, 2.75) is 82.5 Å². The number of likely N-dealkylation sites (tertiary alicyclic amines) is 1. The number of carbonyl (C=O) groups is 1. The van der Waals surface area contributed by atoms with Gasteiger partial charge in [-0.3, -0.25) is 4.90 Å². The molecule has 7 nitrogen and oxygen atoms in total. The molecule has 5 rings (SSSR count). The number of ether oxygens (including phenoxy) is 1. The van der Waals surface area contributed by atoms with Crippen molar-refractivity contribution >= 4 is 6.03 Å². The van der Waals surface area contributed by atoms with Crippen molar-refractivity contribution in [1.29, 1.82) is 5.53 Å². The Morgan fingerprint density at radius 3 is 2.63 bits per heavy atom. The zero-order valence-electron chi connectivity index (χ0n) is 21.6. The number of nitrogens with zero attached hydrogens (tertiary/aromatic N) is 4. The second-order valence-corrected chi connectivity index (χ2v) is 11.7. The van der Waals surface area contributed by atoms with E-state index in [2.05, 4.69) is 45.8 Å². The third-order valence-electron chi connectivity index (χ3n) is 9.10. The molecular formula is C28H43N5O2. The average Bonchev–Trinajstić information content (AvgIpc) is 3.36. The molecule has 3 heterocycles. The molecule has 4 aliphatic rings. The highest BCUT2D eigenvalue weighted by atomic mass is 16.5. The molecule has 3 saturated heterocycles. The number of hydrogen-bond donors (Lipinski definition) is 1. The highest BCUT2D eigenvalue weighted by molar-refractivity contribution is 5.78. The summed E-state index contributed by atoms with van der Waals surface area (Å²) in [6, 6.07) is 11.2. The van der Waals surface area contributed by atoms with Crippen LogP contribution in [0.1, 0.15) is 70.4 Å². The second-order valence-electron chi connectivity index (χ2n) is 11.7. The lowest BCUT2D eigenvalue weighted by Gasteiger charge is -2.39. The Balaban J connectivity index is 1.28. The van der Waals surface area contributed by atoms with Crippen LogP contribution in [0.15, 0.2) is 35.4 Å². The van der Waals surface area contributed by atoms with E-state index in [1.807, 2.05) is 18.2 Å². The molecule has 1 N–H and O–H groups in total. The van der Waals surface area contributed by atoms with Crippen LogP contribution < -0.4 is 0 Å². The van der Waals surface area contributed by atoms with Gasteiger partial charge in [0.1, 0.15) is 0 Å². The standard InChI is InChI=1S/C28H43N5O2/c1-21(2)33-27(34)32(19-22-11-15-35-16-12-22)20-28(33)17-24-9-6-13-31(26(24)18-28)14-10-25(30-29)23-7-4-3-5-8-23/h3-5,7-8,21-22,24-26,29H,6,9-20H2,1-2H3/t24?,25-,26?,28?/m0/s1. The normalized spacial score (nSPS) is 30.9.